The van der Waals surface area contributed by atoms with E-state index in [4.69, 9.17) is 27.9 Å². The summed E-state index contributed by atoms with van der Waals surface area (Å²) in [6.07, 6.45) is 1.86. The summed E-state index contributed by atoms with van der Waals surface area (Å²) in [6, 6.07) is 9.46. The van der Waals surface area contributed by atoms with Crippen LogP contribution in [0, 0.1) is 0 Å². The highest BCUT2D eigenvalue weighted by Gasteiger charge is 2.16. The van der Waals surface area contributed by atoms with Gasteiger partial charge in [0.15, 0.2) is 11.5 Å². The summed E-state index contributed by atoms with van der Waals surface area (Å²) in [5.41, 5.74) is 1.86. The highest BCUT2D eigenvalue weighted by atomic mass is 35.5. The lowest BCUT2D eigenvalue weighted by molar-refractivity contribution is 0.122. The molecule has 1 fully saturated rings. The Labute approximate surface area is 155 Å². The van der Waals surface area contributed by atoms with Crippen molar-refractivity contribution < 1.29 is 4.74 Å². The molecule has 1 aliphatic heterocycles. The van der Waals surface area contributed by atoms with E-state index in [1.165, 1.54) is 0 Å². The molecule has 8 heteroatoms. The smallest absolute Gasteiger partial charge is 0.156 e. The summed E-state index contributed by atoms with van der Waals surface area (Å²) in [4.78, 5) is 6.67. The number of imidazole rings is 1. The van der Waals surface area contributed by atoms with Gasteiger partial charge in [-0.1, -0.05) is 29.3 Å². The van der Waals surface area contributed by atoms with Crippen LogP contribution in [0.25, 0.3) is 5.65 Å². The molecule has 6 nitrogen and oxygen atoms in total. The zero-order chi connectivity index (χ0) is 17.2. The Hall–Kier alpha value is -2.02. The lowest BCUT2D eigenvalue weighted by atomic mass is 10.2. The van der Waals surface area contributed by atoms with Crippen molar-refractivity contribution in [3.8, 4) is 0 Å². The van der Waals surface area contributed by atoms with E-state index in [9.17, 15) is 0 Å². The molecular weight excluding hydrogens is 361 g/mol. The molecule has 0 spiro atoms. The van der Waals surface area contributed by atoms with Gasteiger partial charge < -0.3 is 15.0 Å². The summed E-state index contributed by atoms with van der Waals surface area (Å²) < 4.78 is 7.28. The van der Waals surface area contributed by atoms with E-state index in [1.807, 2.05) is 35.0 Å². The van der Waals surface area contributed by atoms with Gasteiger partial charge in [0.1, 0.15) is 5.82 Å². The van der Waals surface area contributed by atoms with Crippen molar-refractivity contribution in [1.82, 2.24) is 14.6 Å². The molecule has 3 aromatic rings. The second-order valence-electron chi connectivity index (χ2n) is 5.81. The van der Waals surface area contributed by atoms with Gasteiger partial charge in [-0.3, -0.25) is 0 Å². The van der Waals surface area contributed by atoms with Crippen LogP contribution < -0.4 is 10.2 Å². The van der Waals surface area contributed by atoms with Crippen LogP contribution in [-0.2, 0) is 11.3 Å². The van der Waals surface area contributed by atoms with Gasteiger partial charge in [-0.25, -0.2) is 4.98 Å². The van der Waals surface area contributed by atoms with Gasteiger partial charge >= 0.3 is 0 Å². The molecule has 0 radical (unpaired) electrons. The highest BCUT2D eigenvalue weighted by molar-refractivity contribution is 6.42. The predicted molar refractivity (Wildman–Crippen MR) is 99.8 cm³/mol. The van der Waals surface area contributed by atoms with E-state index in [-0.39, 0.29) is 0 Å². The lowest BCUT2D eigenvalue weighted by Gasteiger charge is -2.27. The van der Waals surface area contributed by atoms with Crippen molar-refractivity contribution in [2.75, 3.05) is 36.5 Å². The number of morpholine rings is 1. The van der Waals surface area contributed by atoms with Crippen molar-refractivity contribution >= 4 is 40.5 Å². The first kappa shape index (κ1) is 16.4. The number of anilines is 2. The Bertz CT molecular complexity index is 892. The molecule has 3 heterocycles. The van der Waals surface area contributed by atoms with E-state index < -0.39 is 0 Å². The highest BCUT2D eigenvalue weighted by Crippen LogP contribution is 2.23. The van der Waals surface area contributed by atoms with Crippen molar-refractivity contribution in [3.63, 3.8) is 0 Å². The zero-order valence-corrected chi connectivity index (χ0v) is 15.0. The number of hydrogen-bond donors (Lipinski definition) is 1. The molecule has 0 saturated carbocycles. The van der Waals surface area contributed by atoms with Crippen LogP contribution >= 0.6 is 23.2 Å². The maximum Gasteiger partial charge on any atom is 0.156 e. The molecule has 0 aliphatic carbocycles. The Balaban J connectivity index is 1.54. The van der Waals surface area contributed by atoms with Gasteiger partial charge in [0.2, 0.25) is 0 Å². The van der Waals surface area contributed by atoms with Crippen LogP contribution in [0.1, 0.15) is 5.56 Å². The molecular formula is C17H17Cl2N5O. The number of ether oxygens (including phenoxy) is 1. The molecule has 25 heavy (non-hydrogen) atoms. The fourth-order valence-electron chi connectivity index (χ4n) is 2.81. The molecule has 130 valence electrons. The number of fused-ring (bicyclic) bond motifs is 1. The minimum atomic E-state index is 0.550. The average molecular weight is 378 g/mol. The van der Waals surface area contributed by atoms with Gasteiger partial charge in [-0.2, -0.15) is 4.52 Å². The largest absolute Gasteiger partial charge is 0.378 e. The molecule has 2 aromatic heterocycles. The van der Waals surface area contributed by atoms with E-state index >= 15 is 0 Å². The first-order valence-corrected chi connectivity index (χ1v) is 8.81. The third-order valence-corrected chi connectivity index (χ3v) is 4.88. The second kappa shape index (κ2) is 7.07. The summed E-state index contributed by atoms with van der Waals surface area (Å²) in [5, 5.41) is 9.09. The average Bonchev–Trinajstić information content (AvgIpc) is 3.06. The van der Waals surface area contributed by atoms with E-state index in [0.717, 1.165) is 49.1 Å². The minimum absolute atomic E-state index is 0.550. The Morgan fingerprint density at radius 2 is 1.92 bits per heavy atom. The number of aromatic nitrogens is 3. The first-order chi connectivity index (χ1) is 12.2. The Kier molecular flexibility index (Phi) is 4.65. The quantitative estimate of drug-likeness (QED) is 0.753. The van der Waals surface area contributed by atoms with Crippen LogP contribution in [0.3, 0.4) is 0 Å². The molecule has 1 aliphatic rings. The molecule has 0 unspecified atom stereocenters. The molecule has 1 aromatic carbocycles. The molecule has 0 bridgehead atoms. The van der Waals surface area contributed by atoms with Crippen molar-refractivity contribution in [1.29, 1.82) is 0 Å². The number of rotatable bonds is 4. The minimum Gasteiger partial charge on any atom is -0.378 e. The maximum absolute atomic E-state index is 6.06. The van der Waals surface area contributed by atoms with E-state index in [2.05, 4.69) is 20.3 Å². The number of nitrogens with zero attached hydrogens (tertiary/aromatic N) is 4. The van der Waals surface area contributed by atoms with Gasteiger partial charge in [-0.15, -0.1) is 5.10 Å². The van der Waals surface area contributed by atoms with Gasteiger partial charge in [-0.05, 0) is 29.8 Å². The number of halogens is 2. The van der Waals surface area contributed by atoms with Crippen LogP contribution in [-0.4, -0.2) is 40.9 Å². The molecule has 0 atom stereocenters. The standard InChI is InChI=1S/C17H17Cl2N5O/c18-13-2-1-12(9-14(13)19)10-20-15-3-4-16-21-11-17(24(16)22-15)23-5-7-25-8-6-23/h1-4,9,11H,5-8,10H2,(H,20,22). The van der Waals surface area contributed by atoms with Crippen molar-refractivity contribution in [3.05, 3.63) is 52.1 Å². The fourth-order valence-corrected chi connectivity index (χ4v) is 3.13. The van der Waals surface area contributed by atoms with E-state index in [1.54, 1.807) is 6.07 Å². The van der Waals surface area contributed by atoms with Gasteiger partial charge in [0.05, 0.1) is 29.5 Å². The lowest BCUT2D eigenvalue weighted by Crippen LogP contribution is -2.37. The third-order valence-electron chi connectivity index (χ3n) is 4.14. The zero-order valence-electron chi connectivity index (χ0n) is 13.5. The SMILES string of the molecule is Clc1ccc(CNc2ccc3ncc(N4CCOCC4)n3n2)cc1Cl. The van der Waals surface area contributed by atoms with E-state index in [0.29, 0.717) is 16.6 Å². The molecule has 0 amide bonds. The van der Waals surface area contributed by atoms with Crippen LogP contribution in [0.4, 0.5) is 11.6 Å². The normalized spacial score (nSPS) is 14.9. The number of hydrogen-bond acceptors (Lipinski definition) is 5. The summed E-state index contributed by atoms with van der Waals surface area (Å²) in [5.74, 6) is 1.75. The second-order valence-corrected chi connectivity index (χ2v) is 6.62. The monoisotopic (exact) mass is 377 g/mol. The van der Waals surface area contributed by atoms with Crippen molar-refractivity contribution in [2.24, 2.45) is 0 Å². The third kappa shape index (κ3) is 3.51. The molecule has 1 N–H and O–H groups in total. The van der Waals surface area contributed by atoms with Crippen LogP contribution in [0.2, 0.25) is 10.0 Å². The maximum atomic E-state index is 6.06. The summed E-state index contributed by atoms with van der Waals surface area (Å²) in [6.45, 7) is 3.74. The molecule has 4 rings (SSSR count). The molecule has 1 saturated heterocycles. The van der Waals surface area contributed by atoms with Crippen LogP contribution in [0.15, 0.2) is 36.5 Å². The fraction of sp³-hybridized carbons (Fsp3) is 0.294. The van der Waals surface area contributed by atoms with Crippen molar-refractivity contribution in [2.45, 2.75) is 6.54 Å². The summed E-state index contributed by atoms with van der Waals surface area (Å²) >= 11 is 12.0. The van der Waals surface area contributed by atoms with Gasteiger partial charge in [0.25, 0.3) is 0 Å². The number of nitrogens with one attached hydrogen (secondary N) is 1. The topological polar surface area (TPSA) is 54.7 Å². The van der Waals surface area contributed by atoms with Crippen LogP contribution in [0.5, 0.6) is 0 Å². The Morgan fingerprint density at radius 1 is 1.08 bits per heavy atom. The number of benzene rings is 1. The first-order valence-electron chi connectivity index (χ1n) is 8.06. The van der Waals surface area contributed by atoms with Gasteiger partial charge in [0, 0.05) is 19.6 Å². The predicted octanol–water partition coefficient (Wildman–Crippen LogP) is 3.48. The summed E-state index contributed by atoms with van der Waals surface area (Å²) in [7, 11) is 0. The Morgan fingerprint density at radius 3 is 2.72 bits per heavy atom.